The van der Waals surface area contributed by atoms with E-state index in [0.29, 0.717) is 11.7 Å². The molecule has 1 N–H and O–H groups in total. The molecule has 1 aromatic rings. The maximum absolute atomic E-state index is 11.8. The Bertz CT molecular complexity index is 419. The molecule has 1 amide bonds. The number of rotatable bonds is 3. The highest BCUT2D eigenvalue weighted by atomic mass is 32.1. The lowest BCUT2D eigenvalue weighted by atomic mass is 9.93. The summed E-state index contributed by atoms with van der Waals surface area (Å²) in [6.07, 6.45) is 2.28. The lowest BCUT2D eigenvalue weighted by Gasteiger charge is -2.14. The van der Waals surface area contributed by atoms with Crippen molar-refractivity contribution in [1.29, 1.82) is 0 Å². The number of anilines is 1. The van der Waals surface area contributed by atoms with E-state index in [2.05, 4.69) is 36.3 Å². The van der Waals surface area contributed by atoms with Gasteiger partial charge < -0.3 is 4.74 Å². The van der Waals surface area contributed by atoms with Crippen LogP contribution in [-0.2, 0) is 16.0 Å². The van der Waals surface area contributed by atoms with E-state index in [1.165, 1.54) is 11.3 Å². The highest BCUT2D eigenvalue weighted by Gasteiger charge is 2.24. The monoisotopic (exact) mass is 269 g/mol. The topological polar surface area (TPSA) is 64.1 Å². The van der Waals surface area contributed by atoms with Crippen molar-refractivity contribution in [2.24, 2.45) is 5.41 Å². The Morgan fingerprint density at radius 1 is 1.50 bits per heavy atom. The van der Waals surface area contributed by atoms with Crippen molar-refractivity contribution >= 4 is 22.4 Å². The number of ether oxygens (including phenoxy) is 1. The predicted molar refractivity (Wildman–Crippen MR) is 70.7 cm³/mol. The van der Waals surface area contributed by atoms with Gasteiger partial charge in [0, 0.05) is 13.0 Å². The second kappa shape index (κ2) is 5.32. The molecule has 1 aliphatic rings. The van der Waals surface area contributed by atoms with Crippen LogP contribution >= 0.6 is 11.3 Å². The molecule has 0 aliphatic carbocycles. The third-order valence-electron chi connectivity index (χ3n) is 2.60. The van der Waals surface area contributed by atoms with E-state index in [0.717, 1.165) is 24.3 Å². The average Bonchev–Trinajstić information content (AvgIpc) is 2.86. The van der Waals surface area contributed by atoms with E-state index < -0.39 is 0 Å². The third kappa shape index (κ3) is 3.74. The molecule has 5 nitrogen and oxygen atoms in total. The van der Waals surface area contributed by atoms with Crippen LogP contribution in [0.25, 0.3) is 0 Å². The van der Waals surface area contributed by atoms with Gasteiger partial charge in [0.25, 0.3) is 5.91 Å². The van der Waals surface area contributed by atoms with Crippen LogP contribution in [0.15, 0.2) is 0 Å². The van der Waals surface area contributed by atoms with Gasteiger partial charge in [-0.2, -0.15) is 0 Å². The first-order valence-corrected chi connectivity index (χ1v) is 7.00. The van der Waals surface area contributed by atoms with Crippen molar-refractivity contribution in [2.45, 2.75) is 46.1 Å². The zero-order valence-corrected chi connectivity index (χ0v) is 11.8. The fraction of sp³-hybridized carbons (Fsp3) is 0.750. The molecule has 1 atom stereocenters. The van der Waals surface area contributed by atoms with Crippen LogP contribution in [0.3, 0.4) is 0 Å². The van der Waals surface area contributed by atoms with E-state index in [-0.39, 0.29) is 17.4 Å². The first kappa shape index (κ1) is 13.4. The van der Waals surface area contributed by atoms with Crippen molar-refractivity contribution in [3.05, 3.63) is 5.01 Å². The molecular formula is C12H19N3O2S. The lowest BCUT2D eigenvalue weighted by molar-refractivity contribution is -0.124. The van der Waals surface area contributed by atoms with Crippen LogP contribution in [0.1, 0.15) is 38.6 Å². The van der Waals surface area contributed by atoms with Gasteiger partial charge in [-0.3, -0.25) is 10.1 Å². The normalized spacial score (nSPS) is 20.1. The van der Waals surface area contributed by atoms with Crippen LogP contribution < -0.4 is 5.32 Å². The fourth-order valence-corrected chi connectivity index (χ4v) is 2.84. The number of hydrogen-bond acceptors (Lipinski definition) is 5. The summed E-state index contributed by atoms with van der Waals surface area (Å²) in [5.41, 5.74) is 0.176. The minimum absolute atomic E-state index is 0.106. The number of nitrogens with zero attached hydrogens (tertiary/aromatic N) is 2. The summed E-state index contributed by atoms with van der Waals surface area (Å²) in [7, 11) is 0. The number of amides is 1. The van der Waals surface area contributed by atoms with Crippen LogP contribution in [0.2, 0.25) is 0 Å². The SMILES string of the molecule is CC(C)(C)Cc1nnc(NC(=O)[C@H]2CCCO2)s1. The molecule has 1 saturated heterocycles. The van der Waals surface area contributed by atoms with Crippen LogP contribution in [0.5, 0.6) is 0 Å². The van der Waals surface area contributed by atoms with Gasteiger partial charge in [-0.15, -0.1) is 10.2 Å². The molecule has 0 aromatic carbocycles. The fourth-order valence-electron chi connectivity index (χ4n) is 1.80. The van der Waals surface area contributed by atoms with E-state index in [1.54, 1.807) is 0 Å². The molecule has 2 rings (SSSR count). The summed E-state index contributed by atoms with van der Waals surface area (Å²) in [5.74, 6) is -0.106. The van der Waals surface area contributed by atoms with Crippen molar-refractivity contribution < 1.29 is 9.53 Å². The Labute approximate surface area is 111 Å². The number of carbonyl (C=O) groups is 1. The van der Waals surface area contributed by atoms with E-state index in [1.807, 2.05) is 0 Å². The second-order valence-electron chi connectivity index (χ2n) is 5.73. The molecule has 1 aromatic heterocycles. The van der Waals surface area contributed by atoms with Gasteiger partial charge in [0.05, 0.1) is 0 Å². The predicted octanol–water partition coefficient (Wildman–Crippen LogP) is 2.24. The largest absolute Gasteiger partial charge is 0.368 e. The molecule has 18 heavy (non-hydrogen) atoms. The zero-order valence-electron chi connectivity index (χ0n) is 11.0. The van der Waals surface area contributed by atoms with Crippen LogP contribution in [0.4, 0.5) is 5.13 Å². The third-order valence-corrected chi connectivity index (χ3v) is 3.44. The minimum Gasteiger partial charge on any atom is -0.368 e. The molecular weight excluding hydrogens is 250 g/mol. The standard InChI is InChI=1S/C12H19N3O2S/c1-12(2,3)7-9-14-15-11(18-9)13-10(16)8-5-4-6-17-8/h8H,4-7H2,1-3H3,(H,13,15,16)/t8-/m1/s1. The van der Waals surface area contributed by atoms with Crippen molar-refractivity contribution in [2.75, 3.05) is 11.9 Å². The molecule has 1 aliphatic heterocycles. The molecule has 0 radical (unpaired) electrons. The summed E-state index contributed by atoms with van der Waals surface area (Å²) >= 11 is 1.44. The summed E-state index contributed by atoms with van der Waals surface area (Å²) < 4.78 is 5.32. The Kier molecular flexibility index (Phi) is 3.97. The Hall–Kier alpha value is -1.01. The van der Waals surface area contributed by atoms with Gasteiger partial charge in [0.1, 0.15) is 11.1 Å². The van der Waals surface area contributed by atoms with Crippen molar-refractivity contribution in [3.63, 3.8) is 0 Å². The van der Waals surface area contributed by atoms with Crippen molar-refractivity contribution in [1.82, 2.24) is 10.2 Å². The summed E-state index contributed by atoms with van der Waals surface area (Å²) in [6.45, 7) is 7.13. The highest BCUT2D eigenvalue weighted by molar-refractivity contribution is 7.15. The average molecular weight is 269 g/mol. The smallest absolute Gasteiger partial charge is 0.255 e. The first-order valence-electron chi connectivity index (χ1n) is 6.19. The Morgan fingerprint density at radius 2 is 2.28 bits per heavy atom. The van der Waals surface area contributed by atoms with Crippen LogP contribution in [-0.4, -0.2) is 28.8 Å². The van der Waals surface area contributed by atoms with Gasteiger partial charge in [-0.1, -0.05) is 32.1 Å². The molecule has 0 saturated carbocycles. The van der Waals surface area contributed by atoms with E-state index in [4.69, 9.17) is 4.74 Å². The van der Waals surface area contributed by atoms with E-state index in [9.17, 15) is 4.79 Å². The number of nitrogens with one attached hydrogen (secondary N) is 1. The molecule has 0 bridgehead atoms. The zero-order chi connectivity index (χ0) is 13.2. The summed E-state index contributed by atoms with van der Waals surface area (Å²) in [6, 6.07) is 0. The second-order valence-corrected chi connectivity index (χ2v) is 6.79. The van der Waals surface area contributed by atoms with Crippen LogP contribution in [0, 0.1) is 5.41 Å². The highest BCUT2D eigenvalue weighted by Crippen LogP contribution is 2.25. The molecule has 0 spiro atoms. The Balaban J connectivity index is 1.92. The quantitative estimate of drug-likeness (QED) is 0.914. The summed E-state index contributed by atoms with van der Waals surface area (Å²) in [4.78, 5) is 11.8. The van der Waals surface area contributed by atoms with Gasteiger partial charge in [0.15, 0.2) is 0 Å². The molecule has 1 fully saturated rings. The molecule has 0 unspecified atom stereocenters. The van der Waals surface area contributed by atoms with Gasteiger partial charge in [0.2, 0.25) is 5.13 Å². The lowest BCUT2D eigenvalue weighted by Crippen LogP contribution is -2.26. The van der Waals surface area contributed by atoms with Crippen molar-refractivity contribution in [3.8, 4) is 0 Å². The molecule has 100 valence electrons. The Morgan fingerprint density at radius 3 is 2.89 bits per heavy atom. The number of aromatic nitrogens is 2. The molecule has 6 heteroatoms. The molecule has 2 heterocycles. The first-order chi connectivity index (χ1) is 8.44. The minimum atomic E-state index is -0.319. The maximum atomic E-state index is 11.8. The number of carbonyl (C=O) groups excluding carboxylic acids is 1. The van der Waals surface area contributed by atoms with Gasteiger partial charge >= 0.3 is 0 Å². The number of hydrogen-bond donors (Lipinski definition) is 1. The summed E-state index contributed by atoms with van der Waals surface area (Å²) in [5, 5.41) is 12.4. The van der Waals surface area contributed by atoms with Gasteiger partial charge in [-0.25, -0.2) is 0 Å². The van der Waals surface area contributed by atoms with E-state index >= 15 is 0 Å². The van der Waals surface area contributed by atoms with Gasteiger partial charge in [-0.05, 0) is 18.3 Å². The maximum Gasteiger partial charge on any atom is 0.255 e.